The second-order valence-corrected chi connectivity index (χ2v) is 8.26. The molecule has 4 rings (SSSR count). The molecular weight excluding hydrogens is 424 g/mol. The van der Waals surface area contributed by atoms with Crippen molar-refractivity contribution in [2.45, 2.75) is 6.92 Å². The zero-order valence-corrected chi connectivity index (χ0v) is 19.0. The third kappa shape index (κ3) is 4.74. The Morgan fingerprint density at radius 2 is 1.94 bits per heavy atom. The molecule has 2 heterocycles. The summed E-state index contributed by atoms with van der Waals surface area (Å²) in [7, 11) is 3.95. The van der Waals surface area contributed by atoms with Crippen molar-refractivity contribution in [3.8, 4) is 11.3 Å². The van der Waals surface area contributed by atoms with Gasteiger partial charge >= 0.3 is 0 Å². The van der Waals surface area contributed by atoms with Gasteiger partial charge in [-0.1, -0.05) is 35.9 Å². The molecule has 0 spiro atoms. The number of anilines is 2. The van der Waals surface area contributed by atoms with Gasteiger partial charge in [-0.25, -0.2) is 9.97 Å². The van der Waals surface area contributed by atoms with Crippen molar-refractivity contribution in [2.24, 2.45) is 0 Å². The number of halogens is 1. The number of aryl methyl sites for hydroxylation is 1. The lowest BCUT2D eigenvalue weighted by molar-refractivity contribution is 0.0951. The van der Waals surface area contributed by atoms with Crippen LogP contribution in [0.25, 0.3) is 16.8 Å². The summed E-state index contributed by atoms with van der Waals surface area (Å²) in [5.41, 5.74) is 4.93. The second kappa shape index (κ2) is 9.38. The summed E-state index contributed by atoms with van der Waals surface area (Å²) >= 11 is 6.41. The van der Waals surface area contributed by atoms with Gasteiger partial charge in [0.1, 0.15) is 5.52 Å². The molecule has 164 valence electrons. The minimum atomic E-state index is -0.0898. The average molecular weight is 449 g/mol. The highest BCUT2D eigenvalue weighted by Gasteiger charge is 2.13. The Morgan fingerprint density at radius 1 is 1.16 bits per heavy atom. The van der Waals surface area contributed by atoms with Crippen LogP contribution < -0.4 is 10.6 Å². The van der Waals surface area contributed by atoms with E-state index in [9.17, 15) is 4.79 Å². The van der Waals surface area contributed by atoms with Crippen molar-refractivity contribution >= 4 is 34.5 Å². The molecule has 2 aromatic heterocycles. The Morgan fingerprint density at radius 3 is 2.66 bits per heavy atom. The molecule has 0 aliphatic heterocycles. The summed E-state index contributed by atoms with van der Waals surface area (Å²) in [5, 5.41) is 6.92. The van der Waals surface area contributed by atoms with Crippen LogP contribution in [0.3, 0.4) is 0 Å². The summed E-state index contributed by atoms with van der Waals surface area (Å²) in [6.07, 6.45) is 5.41. The Kier molecular flexibility index (Phi) is 6.39. The monoisotopic (exact) mass is 448 g/mol. The fraction of sp³-hybridized carbons (Fsp3) is 0.208. The molecular formula is C24H25ClN6O. The molecule has 2 aromatic carbocycles. The predicted molar refractivity (Wildman–Crippen MR) is 129 cm³/mol. The van der Waals surface area contributed by atoms with Crippen molar-refractivity contribution in [1.82, 2.24) is 24.6 Å². The lowest BCUT2D eigenvalue weighted by Crippen LogP contribution is -2.31. The van der Waals surface area contributed by atoms with Crippen LogP contribution in [0.5, 0.6) is 0 Å². The maximum atomic E-state index is 12.4. The molecule has 0 aliphatic rings. The third-order valence-electron chi connectivity index (χ3n) is 5.16. The first-order valence-electron chi connectivity index (χ1n) is 10.3. The van der Waals surface area contributed by atoms with Crippen molar-refractivity contribution in [1.29, 1.82) is 0 Å². The number of hydrogen-bond donors (Lipinski definition) is 2. The van der Waals surface area contributed by atoms with Crippen molar-refractivity contribution in [3.63, 3.8) is 0 Å². The van der Waals surface area contributed by atoms with Gasteiger partial charge in [-0.3, -0.25) is 4.79 Å². The number of benzene rings is 2. The SMILES string of the molecule is Cc1cccc(Cl)c1Nc1nc(-c2ccc(C(=O)NCCN(C)C)cc2)cn2cncc12. The highest BCUT2D eigenvalue weighted by Crippen LogP contribution is 2.31. The van der Waals surface area contributed by atoms with Crippen LogP contribution in [0.4, 0.5) is 11.5 Å². The van der Waals surface area contributed by atoms with Gasteiger partial charge in [-0.05, 0) is 44.8 Å². The Bertz CT molecular complexity index is 1230. The Labute approximate surface area is 192 Å². The summed E-state index contributed by atoms with van der Waals surface area (Å²) in [5.74, 6) is 0.565. The summed E-state index contributed by atoms with van der Waals surface area (Å²) in [6, 6.07) is 13.2. The molecule has 0 aliphatic carbocycles. The summed E-state index contributed by atoms with van der Waals surface area (Å²) in [6.45, 7) is 3.39. The molecule has 0 saturated carbocycles. The van der Waals surface area contributed by atoms with E-state index in [1.807, 2.05) is 79.0 Å². The van der Waals surface area contributed by atoms with E-state index in [4.69, 9.17) is 16.6 Å². The molecule has 0 atom stereocenters. The number of hydrogen-bond acceptors (Lipinski definition) is 5. The predicted octanol–water partition coefficient (Wildman–Crippen LogP) is 4.39. The second-order valence-electron chi connectivity index (χ2n) is 7.85. The van der Waals surface area contributed by atoms with Gasteiger partial charge in [0.15, 0.2) is 5.82 Å². The van der Waals surface area contributed by atoms with Crippen molar-refractivity contribution < 1.29 is 4.79 Å². The molecule has 7 nitrogen and oxygen atoms in total. The van der Waals surface area contributed by atoms with E-state index in [0.29, 0.717) is 22.9 Å². The van der Waals surface area contributed by atoms with E-state index < -0.39 is 0 Å². The van der Waals surface area contributed by atoms with Crippen LogP contribution >= 0.6 is 11.6 Å². The lowest BCUT2D eigenvalue weighted by atomic mass is 10.1. The van der Waals surface area contributed by atoms with E-state index in [1.165, 1.54) is 0 Å². The molecule has 8 heteroatoms. The van der Waals surface area contributed by atoms with Crippen LogP contribution in [0.2, 0.25) is 5.02 Å². The first kappa shape index (κ1) is 21.8. The van der Waals surface area contributed by atoms with Crippen LogP contribution in [-0.4, -0.2) is 52.4 Å². The first-order valence-corrected chi connectivity index (χ1v) is 10.7. The molecule has 2 N–H and O–H groups in total. The number of nitrogens with one attached hydrogen (secondary N) is 2. The van der Waals surface area contributed by atoms with Gasteiger partial charge in [-0.2, -0.15) is 0 Å². The van der Waals surface area contributed by atoms with Gasteiger partial charge in [0.05, 0.1) is 28.9 Å². The minimum absolute atomic E-state index is 0.0898. The minimum Gasteiger partial charge on any atom is -0.351 e. The Balaban J connectivity index is 1.62. The molecule has 1 amide bonds. The fourth-order valence-electron chi connectivity index (χ4n) is 3.36. The number of para-hydroxylation sites is 1. The average Bonchev–Trinajstić information content (AvgIpc) is 3.25. The fourth-order valence-corrected chi connectivity index (χ4v) is 3.63. The molecule has 0 bridgehead atoms. The molecule has 0 radical (unpaired) electrons. The first-order chi connectivity index (χ1) is 15.4. The largest absolute Gasteiger partial charge is 0.351 e. The zero-order valence-electron chi connectivity index (χ0n) is 18.3. The van der Waals surface area contributed by atoms with Gasteiger partial charge in [0.2, 0.25) is 0 Å². The van der Waals surface area contributed by atoms with E-state index in [-0.39, 0.29) is 5.91 Å². The van der Waals surface area contributed by atoms with E-state index in [1.54, 1.807) is 12.5 Å². The number of likely N-dealkylation sites (N-methyl/N-ethyl adjacent to an activating group) is 1. The van der Waals surface area contributed by atoms with Crippen LogP contribution in [0.1, 0.15) is 15.9 Å². The summed E-state index contributed by atoms with van der Waals surface area (Å²) in [4.78, 5) is 23.5. The highest BCUT2D eigenvalue weighted by atomic mass is 35.5. The quantitative estimate of drug-likeness (QED) is 0.438. The Hall–Kier alpha value is -3.42. The number of fused-ring (bicyclic) bond motifs is 1. The maximum Gasteiger partial charge on any atom is 0.251 e. The van der Waals surface area contributed by atoms with Gasteiger partial charge < -0.3 is 19.9 Å². The number of rotatable bonds is 7. The topological polar surface area (TPSA) is 74.6 Å². The van der Waals surface area contributed by atoms with Crippen molar-refractivity contribution in [2.75, 3.05) is 32.5 Å². The lowest BCUT2D eigenvalue weighted by Gasteiger charge is -2.14. The van der Waals surface area contributed by atoms with E-state index in [2.05, 4.69) is 15.6 Å². The number of carbonyl (C=O) groups excluding carboxylic acids is 1. The van der Waals surface area contributed by atoms with Crippen molar-refractivity contribution in [3.05, 3.63) is 77.3 Å². The van der Waals surface area contributed by atoms with Crippen LogP contribution in [0.15, 0.2) is 61.2 Å². The third-order valence-corrected chi connectivity index (χ3v) is 5.47. The normalized spacial score (nSPS) is 11.2. The highest BCUT2D eigenvalue weighted by molar-refractivity contribution is 6.33. The number of nitrogens with zero attached hydrogens (tertiary/aromatic N) is 4. The van der Waals surface area contributed by atoms with Gasteiger partial charge in [0, 0.05) is 30.4 Å². The van der Waals surface area contributed by atoms with Gasteiger partial charge in [-0.15, -0.1) is 0 Å². The molecule has 0 saturated heterocycles. The summed E-state index contributed by atoms with van der Waals surface area (Å²) < 4.78 is 1.92. The van der Waals surface area contributed by atoms with E-state index in [0.717, 1.165) is 34.6 Å². The zero-order chi connectivity index (χ0) is 22.7. The molecule has 0 unspecified atom stereocenters. The van der Waals surface area contributed by atoms with E-state index >= 15 is 0 Å². The molecule has 4 aromatic rings. The standard InChI is InChI=1S/C24H25ClN6O/c1-16-5-4-6-19(25)22(16)29-23-21-13-26-15-31(21)14-20(28-23)17-7-9-18(10-8-17)24(32)27-11-12-30(2)3/h4-10,13-15H,11-12H2,1-3H3,(H,27,32)(H,28,29). The maximum absolute atomic E-state index is 12.4. The number of carbonyl (C=O) groups is 1. The number of amides is 1. The van der Waals surface area contributed by atoms with Crippen LogP contribution in [0, 0.1) is 6.92 Å². The smallest absolute Gasteiger partial charge is 0.251 e. The van der Waals surface area contributed by atoms with Gasteiger partial charge in [0.25, 0.3) is 5.91 Å². The molecule has 32 heavy (non-hydrogen) atoms. The number of aromatic nitrogens is 3. The van der Waals surface area contributed by atoms with Crippen LogP contribution in [-0.2, 0) is 0 Å². The molecule has 0 fully saturated rings. The number of imidazole rings is 1.